The number of allylic oxidation sites excluding steroid dienone is 1. The molecule has 2 aromatic rings. The van der Waals surface area contributed by atoms with Crippen LogP contribution in [0.5, 0.6) is 5.75 Å². The smallest absolute Gasteiger partial charge is 0.341 e. The molecule has 0 amide bonds. The van der Waals surface area contributed by atoms with Crippen LogP contribution in [0, 0.1) is 18.3 Å². The Kier molecular flexibility index (Phi) is 5.55. The van der Waals surface area contributed by atoms with Crippen LogP contribution in [0.1, 0.15) is 21.7 Å². The molecule has 1 aromatic carbocycles. The Morgan fingerprint density at radius 3 is 2.71 bits per heavy atom. The van der Waals surface area contributed by atoms with E-state index in [1.54, 1.807) is 25.1 Å². The Hall–Kier alpha value is -2.85. The number of benzene rings is 1. The van der Waals surface area contributed by atoms with E-state index in [-0.39, 0.29) is 5.57 Å². The minimum absolute atomic E-state index is 0.0365. The number of carboxylic acid groups (broad SMARTS) is 1. The number of nitrogens with zero attached hydrogens (tertiary/aromatic N) is 1. The Morgan fingerprint density at radius 2 is 2.17 bits per heavy atom. The number of nitriles is 1. The monoisotopic (exact) mass is 389 g/mol. The van der Waals surface area contributed by atoms with Crippen molar-refractivity contribution in [3.05, 3.63) is 57.5 Å². The van der Waals surface area contributed by atoms with Crippen LogP contribution in [0.25, 0.3) is 6.08 Å². The Balaban J connectivity index is 2.27. The van der Waals surface area contributed by atoms with Crippen LogP contribution in [-0.4, -0.2) is 23.5 Å². The lowest BCUT2D eigenvalue weighted by Crippen LogP contribution is -2.09. The molecule has 1 heterocycles. The molecule has 7 heteroatoms. The highest BCUT2D eigenvalue weighted by atomic mass is 79.9. The van der Waals surface area contributed by atoms with Gasteiger partial charge in [0.25, 0.3) is 0 Å². The van der Waals surface area contributed by atoms with Crippen LogP contribution in [0.3, 0.4) is 0 Å². The SMILES string of the molecule is Cc1occc1C(=O)/C(C#N)=C/c1ccc(OCC(=O)O)c(Br)c1. The zero-order valence-electron chi connectivity index (χ0n) is 12.6. The summed E-state index contributed by atoms with van der Waals surface area (Å²) in [6.45, 7) is 1.18. The summed E-state index contributed by atoms with van der Waals surface area (Å²) in [5.41, 5.74) is 0.893. The van der Waals surface area contributed by atoms with Gasteiger partial charge in [-0.25, -0.2) is 4.79 Å². The van der Waals surface area contributed by atoms with Gasteiger partial charge in [-0.15, -0.1) is 0 Å². The van der Waals surface area contributed by atoms with Crippen molar-refractivity contribution in [1.29, 1.82) is 5.26 Å². The van der Waals surface area contributed by atoms with Gasteiger partial charge in [-0.05, 0) is 52.7 Å². The zero-order valence-corrected chi connectivity index (χ0v) is 14.2. The van der Waals surface area contributed by atoms with Gasteiger partial charge in [0.15, 0.2) is 6.61 Å². The maximum Gasteiger partial charge on any atom is 0.341 e. The van der Waals surface area contributed by atoms with E-state index in [2.05, 4.69) is 15.9 Å². The van der Waals surface area contributed by atoms with E-state index in [4.69, 9.17) is 14.3 Å². The van der Waals surface area contributed by atoms with Crippen LogP contribution in [0.2, 0.25) is 0 Å². The first-order valence-electron chi connectivity index (χ1n) is 6.77. The molecule has 24 heavy (non-hydrogen) atoms. The number of aliphatic carboxylic acids is 1. The van der Waals surface area contributed by atoms with Gasteiger partial charge in [-0.1, -0.05) is 6.07 Å². The molecule has 0 radical (unpaired) electrons. The minimum atomic E-state index is -1.08. The average Bonchev–Trinajstić information content (AvgIpc) is 2.97. The number of ether oxygens (including phenoxy) is 1. The van der Waals surface area contributed by atoms with E-state index in [0.29, 0.717) is 27.1 Å². The van der Waals surface area contributed by atoms with E-state index in [0.717, 1.165) is 0 Å². The normalized spacial score (nSPS) is 11.0. The third kappa shape index (κ3) is 4.12. The third-order valence-electron chi connectivity index (χ3n) is 3.09. The van der Waals surface area contributed by atoms with Gasteiger partial charge in [0.05, 0.1) is 16.3 Å². The van der Waals surface area contributed by atoms with Crippen molar-refractivity contribution in [3.8, 4) is 11.8 Å². The van der Waals surface area contributed by atoms with Crippen LogP contribution in [-0.2, 0) is 4.79 Å². The van der Waals surface area contributed by atoms with Crippen molar-refractivity contribution in [3.63, 3.8) is 0 Å². The summed E-state index contributed by atoms with van der Waals surface area (Å²) in [6, 6.07) is 8.21. The van der Waals surface area contributed by atoms with Crippen molar-refractivity contribution in [2.45, 2.75) is 6.92 Å². The molecule has 0 atom stereocenters. The van der Waals surface area contributed by atoms with Crippen molar-refractivity contribution >= 4 is 33.8 Å². The van der Waals surface area contributed by atoms with Gasteiger partial charge in [0.2, 0.25) is 5.78 Å². The van der Waals surface area contributed by atoms with Crippen LogP contribution in [0.15, 0.2) is 45.0 Å². The van der Waals surface area contributed by atoms with Crippen LogP contribution in [0.4, 0.5) is 0 Å². The summed E-state index contributed by atoms with van der Waals surface area (Å²) < 4.78 is 10.7. The Bertz CT molecular complexity index is 860. The number of carbonyl (C=O) groups excluding carboxylic acids is 1. The van der Waals surface area contributed by atoms with Gasteiger partial charge in [0.1, 0.15) is 23.2 Å². The zero-order chi connectivity index (χ0) is 17.7. The largest absolute Gasteiger partial charge is 0.481 e. The van der Waals surface area contributed by atoms with Gasteiger partial charge < -0.3 is 14.3 Å². The van der Waals surface area contributed by atoms with Gasteiger partial charge in [-0.3, -0.25) is 4.79 Å². The number of ketones is 1. The van der Waals surface area contributed by atoms with E-state index in [1.165, 1.54) is 18.4 Å². The molecule has 0 fully saturated rings. The molecular formula is C17H12BrNO5. The molecule has 0 spiro atoms. The maximum atomic E-state index is 12.3. The van der Waals surface area contributed by atoms with Crippen molar-refractivity contribution < 1.29 is 23.8 Å². The summed E-state index contributed by atoms with van der Waals surface area (Å²) in [5, 5.41) is 17.9. The quantitative estimate of drug-likeness (QED) is 0.460. The van der Waals surface area contributed by atoms with Gasteiger partial charge in [0, 0.05) is 0 Å². The second kappa shape index (κ2) is 7.62. The highest BCUT2D eigenvalue weighted by Gasteiger charge is 2.16. The maximum absolute atomic E-state index is 12.3. The van der Waals surface area contributed by atoms with Crippen molar-refractivity contribution in [2.75, 3.05) is 6.61 Å². The summed E-state index contributed by atoms with van der Waals surface area (Å²) in [6.07, 6.45) is 2.84. The lowest BCUT2D eigenvalue weighted by Gasteiger charge is -2.06. The second-order valence-corrected chi connectivity index (χ2v) is 5.62. The summed E-state index contributed by atoms with van der Waals surface area (Å²) in [5.74, 6) is -0.713. The summed E-state index contributed by atoms with van der Waals surface area (Å²) in [4.78, 5) is 22.9. The number of aryl methyl sites for hydroxylation is 1. The predicted molar refractivity (Wildman–Crippen MR) is 88.6 cm³/mol. The first-order valence-corrected chi connectivity index (χ1v) is 7.56. The fraction of sp³-hybridized carbons (Fsp3) is 0.118. The van der Waals surface area contributed by atoms with Crippen LogP contribution >= 0.6 is 15.9 Å². The van der Waals surface area contributed by atoms with E-state index in [1.807, 2.05) is 6.07 Å². The standard InChI is InChI=1S/C17H12BrNO5/c1-10-13(4-5-23-10)17(22)12(8-19)6-11-2-3-15(14(18)7-11)24-9-16(20)21/h2-7H,9H2,1H3,(H,20,21)/b12-6+. The molecule has 6 nitrogen and oxygen atoms in total. The van der Waals surface area contributed by atoms with E-state index < -0.39 is 18.4 Å². The van der Waals surface area contributed by atoms with Crippen LogP contribution < -0.4 is 4.74 Å². The molecular weight excluding hydrogens is 378 g/mol. The lowest BCUT2D eigenvalue weighted by molar-refractivity contribution is -0.139. The van der Waals surface area contributed by atoms with E-state index in [9.17, 15) is 14.9 Å². The first-order chi connectivity index (χ1) is 11.4. The molecule has 1 aromatic heterocycles. The van der Waals surface area contributed by atoms with Gasteiger partial charge in [-0.2, -0.15) is 5.26 Å². The topological polar surface area (TPSA) is 101 Å². The molecule has 0 saturated carbocycles. The number of Topliss-reactive ketones (excluding diaryl/α,β-unsaturated/α-hetero) is 1. The lowest BCUT2D eigenvalue weighted by atomic mass is 10.0. The number of carboxylic acids is 1. The second-order valence-electron chi connectivity index (χ2n) is 4.76. The Labute approximate surface area is 146 Å². The molecule has 0 aliphatic rings. The molecule has 122 valence electrons. The number of hydrogen-bond donors (Lipinski definition) is 1. The number of carbonyl (C=O) groups is 2. The molecule has 0 unspecified atom stereocenters. The molecule has 0 saturated heterocycles. The number of hydrogen-bond acceptors (Lipinski definition) is 5. The fourth-order valence-corrected chi connectivity index (χ4v) is 2.46. The first kappa shape index (κ1) is 17.5. The summed E-state index contributed by atoms with van der Waals surface area (Å²) >= 11 is 3.27. The van der Waals surface area contributed by atoms with Gasteiger partial charge >= 0.3 is 5.97 Å². The van der Waals surface area contributed by atoms with E-state index >= 15 is 0 Å². The fourth-order valence-electron chi connectivity index (χ4n) is 1.94. The molecule has 1 N–H and O–H groups in total. The van der Waals surface area contributed by atoms with Crippen molar-refractivity contribution in [2.24, 2.45) is 0 Å². The number of halogens is 1. The molecule has 2 rings (SSSR count). The molecule has 0 aliphatic heterocycles. The third-order valence-corrected chi connectivity index (χ3v) is 3.71. The number of furan rings is 1. The molecule has 0 aliphatic carbocycles. The summed E-state index contributed by atoms with van der Waals surface area (Å²) in [7, 11) is 0. The average molecular weight is 390 g/mol. The Morgan fingerprint density at radius 1 is 1.42 bits per heavy atom. The number of rotatable bonds is 6. The minimum Gasteiger partial charge on any atom is -0.481 e. The van der Waals surface area contributed by atoms with Crippen molar-refractivity contribution in [1.82, 2.24) is 0 Å². The predicted octanol–water partition coefficient (Wildman–Crippen LogP) is 3.60. The highest BCUT2D eigenvalue weighted by Crippen LogP contribution is 2.27. The highest BCUT2D eigenvalue weighted by molar-refractivity contribution is 9.10. The molecule has 0 bridgehead atoms.